The van der Waals surface area contributed by atoms with Crippen LogP contribution in [0.2, 0.25) is 0 Å². The van der Waals surface area contributed by atoms with Gasteiger partial charge in [0.05, 0.1) is 17.2 Å². The van der Waals surface area contributed by atoms with E-state index < -0.39 is 41.4 Å². The number of alkyl halides is 6. The fourth-order valence-electron chi connectivity index (χ4n) is 3.38. The average Bonchev–Trinajstić information content (AvgIpc) is 2.66. The monoisotopic (exact) mass is 434 g/mol. The Labute approximate surface area is 167 Å². The lowest BCUT2D eigenvalue weighted by Gasteiger charge is -2.33. The van der Waals surface area contributed by atoms with E-state index in [1.807, 2.05) is 0 Å². The molecule has 0 spiro atoms. The molecule has 2 aromatic carbocycles. The number of piperidine rings is 1. The molecule has 1 amide bonds. The highest BCUT2D eigenvalue weighted by Gasteiger charge is 2.37. The molecule has 10 heteroatoms. The topological polar surface area (TPSA) is 41.1 Å². The van der Waals surface area contributed by atoms with Gasteiger partial charge < -0.3 is 10.6 Å². The Bertz CT molecular complexity index is 875. The Morgan fingerprint density at radius 3 is 2.03 bits per heavy atom. The van der Waals surface area contributed by atoms with E-state index in [9.17, 15) is 35.5 Å². The van der Waals surface area contributed by atoms with E-state index in [-0.39, 0.29) is 30.5 Å². The van der Waals surface area contributed by atoms with Gasteiger partial charge >= 0.3 is 12.4 Å². The van der Waals surface area contributed by atoms with Gasteiger partial charge in [0.15, 0.2) is 0 Å². The SMILES string of the molecule is O=C1CC[C@@H](NCc2cc(C(F)(F)F)cc(C(F)(F)F)c2)[C@@H](c2ccc(F)cc2)N1. The maximum absolute atomic E-state index is 13.2. The van der Waals surface area contributed by atoms with Gasteiger partial charge in [0.25, 0.3) is 0 Å². The number of amides is 1. The van der Waals surface area contributed by atoms with Crippen LogP contribution < -0.4 is 10.6 Å². The summed E-state index contributed by atoms with van der Waals surface area (Å²) < 4.78 is 91.3. The van der Waals surface area contributed by atoms with E-state index in [2.05, 4.69) is 10.6 Å². The maximum Gasteiger partial charge on any atom is 0.416 e. The van der Waals surface area contributed by atoms with Crippen LogP contribution in [0.25, 0.3) is 0 Å². The van der Waals surface area contributed by atoms with E-state index >= 15 is 0 Å². The van der Waals surface area contributed by atoms with Crippen LogP contribution in [-0.4, -0.2) is 11.9 Å². The first-order chi connectivity index (χ1) is 13.9. The summed E-state index contributed by atoms with van der Waals surface area (Å²) in [4.78, 5) is 11.8. The zero-order chi connectivity index (χ0) is 22.1. The first kappa shape index (κ1) is 22.1. The summed E-state index contributed by atoms with van der Waals surface area (Å²) >= 11 is 0. The molecular weight excluding hydrogens is 417 g/mol. The number of benzene rings is 2. The molecule has 3 rings (SSSR count). The number of carbonyl (C=O) groups excluding carboxylic acids is 1. The third-order valence-electron chi connectivity index (χ3n) is 4.85. The van der Waals surface area contributed by atoms with Crippen LogP contribution in [0, 0.1) is 5.82 Å². The number of carbonyl (C=O) groups is 1. The van der Waals surface area contributed by atoms with E-state index in [1.54, 1.807) is 0 Å². The summed E-state index contributed by atoms with van der Waals surface area (Å²) in [6, 6.07) is 5.68. The van der Waals surface area contributed by atoms with Gasteiger partial charge in [0.1, 0.15) is 5.82 Å². The van der Waals surface area contributed by atoms with Crippen LogP contribution in [0.5, 0.6) is 0 Å². The normalized spacial score (nSPS) is 20.2. The van der Waals surface area contributed by atoms with Gasteiger partial charge in [-0.05, 0) is 47.9 Å². The van der Waals surface area contributed by atoms with E-state index in [1.165, 1.54) is 24.3 Å². The van der Waals surface area contributed by atoms with Gasteiger partial charge in [0.2, 0.25) is 5.91 Å². The van der Waals surface area contributed by atoms with Crippen molar-refractivity contribution in [2.45, 2.75) is 43.8 Å². The third kappa shape index (κ3) is 5.29. The summed E-state index contributed by atoms with van der Waals surface area (Å²) in [5.41, 5.74) is -2.39. The summed E-state index contributed by atoms with van der Waals surface area (Å²) in [7, 11) is 0. The molecule has 1 heterocycles. The van der Waals surface area contributed by atoms with E-state index in [0.29, 0.717) is 24.1 Å². The van der Waals surface area contributed by atoms with Crippen molar-refractivity contribution in [2.24, 2.45) is 0 Å². The van der Waals surface area contributed by atoms with Gasteiger partial charge in [0, 0.05) is 19.0 Å². The Morgan fingerprint density at radius 2 is 1.50 bits per heavy atom. The lowest BCUT2D eigenvalue weighted by atomic mass is 9.91. The average molecular weight is 434 g/mol. The van der Waals surface area contributed by atoms with E-state index in [4.69, 9.17) is 0 Å². The van der Waals surface area contributed by atoms with Crippen molar-refractivity contribution in [3.05, 3.63) is 70.5 Å². The van der Waals surface area contributed by atoms with Gasteiger partial charge in [-0.2, -0.15) is 26.3 Å². The molecule has 0 saturated carbocycles. The standard InChI is InChI=1S/C20H17F7N2O/c21-15-3-1-12(2-4-15)18-16(5-6-17(30)29-18)28-10-11-7-13(19(22,23)24)9-14(8-11)20(25,26)27/h1-4,7-9,16,18,28H,5-6,10H2,(H,29,30)/t16-,18-/m1/s1. The molecule has 0 bridgehead atoms. The predicted octanol–water partition coefficient (Wildman–Crippen LogP) is 4.97. The predicted molar refractivity (Wildman–Crippen MR) is 93.6 cm³/mol. The molecule has 2 atom stereocenters. The fourth-order valence-corrected chi connectivity index (χ4v) is 3.38. The lowest BCUT2D eigenvalue weighted by Crippen LogP contribution is -2.48. The highest BCUT2D eigenvalue weighted by Crippen LogP contribution is 2.36. The Hall–Kier alpha value is -2.62. The minimum atomic E-state index is -4.93. The van der Waals surface area contributed by atoms with Crippen LogP contribution >= 0.6 is 0 Å². The van der Waals surface area contributed by atoms with Gasteiger partial charge in [-0.15, -0.1) is 0 Å². The first-order valence-electron chi connectivity index (χ1n) is 9.00. The highest BCUT2D eigenvalue weighted by molar-refractivity contribution is 5.77. The molecule has 0 aromatic heterocycles. The first-order valence-corrected chi connectivity index (χ1v) is 9.00. The van der Waals surface area contributed by atoms with Crippen LogP contribution in [0.15, 0.2) is 42.5 Å². The second kappa shape index (κ2) is 8.25. The summed E-state index contributed by atoms with van der Waals surface area (Å²) in [5.74, 6) is -0.727. The Kier molecular flexibility index (Phi) is 6.07. The molecule has 1 fully saturated rings. The van der Waals surface area contributed by atoms with Crippen molar-refractivity contribution in [3.63, 3.8) is 0 Å². The van der Waals surface area contributed by atoms with Crippen molar-refractivity contribution in [3.8, 4) is 0 Å². The van der Waals surface area contributed by atoms with E-state index in [0.717, 1.165) is 0 Å². The molecule has 162 valence electrons. The smallest absolute Gasteiger partial charge is 0.348 e. The second-order valence-electron chi connectivity index (χ2n) is 7.04. The van der Waals surface area contributed by atoms with Crippen LogP contribution in [-0.2, 0) is 23.7 Å². The zero-order valence-electron chi connectivity index (χ0n) is 15.4. The maximum atomic E-state index is 13.2. The number of rotatable bonds is 4. The third-order valence-corrected chi connectivity index (χ3v) is 4.85. The number of halogens is 7. The lowest BCUT2D eigenvalue weighted by molar-refractivity contribution is -0.143. The van der Waals surface area contributed by atoms with Crippen molar-refractivity contribution in [1.29, 1.82) is 0 Å². The van der Waals surface area contributed by atoms with Gasteiger partial charge in [-0.1, -0.05) is 12.1 Å². The molecule has 2 aromatic rings. The van der Waals surface area contributed by atoms with Crippen molar-refractivity contribution >= 4 is 5.91 Å². The number of nitrogens with one attached hydrogen (secondary N) is 2. The molecule has 3 nitrogen and oxygen atoms in total. The Balaban J connectivity index is 1.83. The largest absolute Gasteiger partial charge is 0.416 e. The van der Waals surface area contributed by atoms with Gasteiger partial charge in [-0.25, -0.2) is 4.39 Å². The number of hydrogen-bond acceptors (Lipinski definition) is 2. The molecule has 0 aliphatic carbocycles. The quantitative estimate of drug-likeness (QED) is 0.667. The fraction of sp³-hybridized carbons (Fsp3) is 0.350. The Morgan fingerprint density at radius 1 is 0.933 bits per heavy atom. The highest BCUT2D eigenvalue weighted by atomic mass is 19.4. The zero-order valence-corrected chi connectivity index (χ0v) is 15.4. The molecule has 1 aliphatic rings. The molecule has 1 saturated heterocycles. The number of hydrogen-bond donors (Lipinski definition) is 2. The molecule has 1 aliphatic heterocycles. The van der Waals surface area contributed by atoms with Crippen LogP contribution in [0.4, 0.5) is 30.7 Å². The molecule has 30 heavy (non-hydrogen) atoms. The van der Waals surface area contributed by atoms with Crippen molar-refractivity contribution in [2.75, 3.05) is 0 Å². The molecule has 0 unspecified atom stereocenters. The molecule has 2 N–H and O–H groups in total. The molecular formula is C20H17F7N2O. The van der Waals surface area contributed by atoms with Crippen LogP contribution in [0.3, 0.4) is 0 Å². The molecule has 0 radical (unpaired) electrons. The van der Waals surface area contributed by atoms with Crippen molar-refractivity contribution < 1.29 is 35.5 Å². The van der Waals surface area contributed by atoms with Crippen LogP contribution in [0.1, 0.15) is 41.1 Å². The minimum absolute atomic E-state index is 0.0751. The summed E-state index contributed by atoms with van der Waals surface area (Å²) in [5, 5.41) is 5.66. The summed E-state index contributed by atoms with van der Waals surface area (Å²) in [6.07, 6.45) is -9.39. The van der Waals surface area contributed by atoms with Gasteiger partial charge in [-0.3, -0.25) is 4.79 Å². The van der Waals surface area contributed by atoms with Crippen molar-refractivity contribution in [1.82, 2.24) is 10.6 Å². The summed E-state index contributed by atoms with van der Waals surface area (Å²) in [6.45, 7) is -0.273. The second-order valence-corrected chi connectivity index (χ2v) is 7.04. The minimum Gasteiger partial charge on any atom is -0.348 e.